The number of rotatable bonds is 6. The van der Waals surface area contributed by atoms with Gasteiger partial charge < -0.3 is 20.6 Å². The first-order valence-electron chi connectivity index (χ1n) is 10.7. The van der Waals surface area contributed by atoms with Gasteiger partial charge in [-0.05, 0) is 61.9 Å². The molecule has 6 heteroatoms. The van der Waals surface area contributed by atoms with E-state index in [9.17, 15) is 5.11 Å². The number of hydrogen-bond donors (Lipinski definition) is 3. The fraction of sp³-hybridized carbons (Fsp3) is 0.417. The number of aromatic hydroxyl groups is 1. The van der Waals surface area contributed by atoms with Gasteiger partial charge in [0.15, 0.2) is 0 Å². The molecular weight excluding hydrogens is 374 g/mol. The normalized spacial score (nSPS) is 19.0. The van der Waals surface area contributed by atoms with Crippen LogP contribution in [0.5, 0.6) is 5.75 Å². The molecule has 2 aromatic carbocycles. The highest BCUT2D eigenvalue weighted by Crippen LogP contribution is 2.26. The molecule has 1 aliphatic rings. The monoisotopic (exact) mass is 405 g/mol. The van der Waals surface area contributed by atoms with E-state index in [0.717, 1.165) is 54.5 Å². The van der Waals surface area contributed by atoms with Crippen molar-refractivity contribution < 1.29 is 5.11 Å². The Hall–Kier alpha value is -2.86. The van der Waals surface area contributed by atoms with E-state index in [-0.39, 0.29) is 0 Å². The Morgan fingerprint density at radius 1 is 1.00 bits per heavy atom. The molecule has 0 saturated heterocycles. The van der Waals surface area contributed by atoms with Crippen molar-refractivity contribution >= 4 is 22.7 Å². The topological polar surface area (TPSA) is 73.3 Å². The van der Waals surface area contributed by atoms with Crippen molar-refractivity contribution in [2.75, 3.05) is 24.3 Å². The largest absolute Gasteiger partial charge is 0.508 e. The minimum atomic E-state index is 0.360. The number of nitrogens with zero attached hydrogens (tertiary/aromatic N) is 3. The molecular formula is C24H31N5O. The summed E-state index contributed by atoms with van der Waals surface area (Å²) in [5.41, 5.74) is 3.11. The summed E-state index contributed by atoms with van der Waals surface area (Å²) in [5.74, 6) is 2.02. The zero-order valence-corrected chi connectivity index (χ0v) is 18.0. The van der Waals surface area contributed by atoms with Crippen LogP contribution in [-0.4, -0.2) is 41.3 Å². The van der Waals surface area contributed by atoms with Crippen LogP contribution in [0.3, 0.4) is 0 Å². The molecule has 30 heavy (non-hydrogen) atoms. The molecule has 1 heterocycles. The van der Waals surface area contributed by atoms with Crippen LogP contribution in [0.15, 0.2) is 42.5 Å². The second-order valence-corrected chi connectivity index (χ2v) is 8.48. The van der Waals surface area contributed by atoms with Crippen molar-refractivity contribution in [1.82, 2.24) is 15.3 Å². The molecule has 0 aliphatic heterocycles. The Labute approximate surface area is 178 Å². The van der Waals surface area contributed by atoms with E-state index in [1.807, 2.05) is 50.2 Å². The first-order valence-corrected chi connectivity index (χ1v) is 10.7. The van der Waals surface area contributed by atoms with Crippen LogP contribution in [0, 0.1) is 6.92 Å². The van der Waals surface area contributed by atoms with Gasteiger partial charge in [0, 0.05) is 38.1 Å². The van der Waals surface area contributed by atoms with E-state index in [1.54, 1.807) is 6.07 Å². The third-order valence-corrected chi connectivity index (χ3v) is 5.92. The minimum Gasteiger partial charge on any atom is -0.508 e. The van der Waals surface area contributed by atoms with Gasteiger partial charge in [-0.3, -0.25) is 0 Å². The lowest BCUT2D eigenvalue weighted by atomic mass is 9.91. The maximum absolute atomic E-state index is 9.68. The van der Waals surface area contributed by atoms with Crippen molar-refractivity contribution in [3.63, 3.8) is 0 Å². The van der Waals surface area contributed by atoms with Gasteiger partial charge in [-0.15, -0.1) is 0 Å². The Balaban J connectivity index is 1.34. The molecule has 1 aromatic heterocycles. The SMILES string of the molecule is Cc1cc(CN[C@H]2CC[C@@H](Nc3nc(N(C)C)c4ccccc4n3)CC2)ccc1O. The van der Waals surface area contributed by atoms with Gasteiger partial charge in [-0.2, -0.15) is 4.98 Å². The van der Waals surface area contributed by atoms with Gasteiger partial charge in [0.1, 0.15) is 11.6 Å². The summed E-state index contributed by atoms with van der Waals surface area (Å²) >= 11 is 0. The number of nitrogens with one attached hydrogen (secondary N) is 2. The van der Waals surface area contributed by atoms with Crippen molar-refractivity contribution in [1.29, 1.82) is 0 Å². The number of anilines is 2. The Kier molecular flexibility index (Phi) is 6.04. The molecule has 0 bridgehead atoms. The van der Waals surface area contributed by atoms with E-state index in [0.29, 0.717) is 23.8 Å². The van der Waals surface area contributed by atoms with Gasteiger partial charge >= 0.3 is 0 Å². The Bertz CT molecular complexity index is 1010. The average Bonchev–Trinajstić information content (AvgIpc) is 2.75. The van der Waals surface area contributed by atoms with Crippen LogP contribution in [0.2, 0.25) is 0 Å². The van der Waals surface area contributed by atoms with Crippen LogP contribution in [0.1, 0.15) is 36.8 Å². The molecule has 4 rings (SSSR count). The highest BCUT2D eigenvalue weighted by molar-refractivity contribution is 5.90. The number of fused-ring (bicyclic) bond motifs is 1. The second-order valence-electron chi connectivity index (χ2n) is 8.48. The Morgan fingerprint density at radius 2 is 1.73 bits per heavy atom. The fourth-order valence-corrected chi connectivity index (χ4v) is 4.18. The average molecular weight is 406 g/mol. The van der Waals surface area contributed by atoms with Crippen LogP contribution in [-0.2, 0) is 6.54 Å². The van der Waals surface area contributed by atoms with Gasteiger partial charge in [0.25, 0.3) is 0 Å². The summed E-state index contributed by atoms with van der Waals surface area (Å²) in [6, 6.07) is 14.9. The second kappa shape index (κ2) is 8.88. The highest BCUT2D eigenvalue weighted by atomic mass is 16.3. The number of benzene rings is 2. The zero-order chi connectivity index (χ0) is 21.1. The maximum atomic E-state index is 9.68. The molecule has 1 fully saturated rings. The number of hydrogen-bond acceptors (Lipinski definition) is 6. The van der Waals surface area contributed by atoms with Crippen LogP contribution >= 0.6 is 0 Å². The fourth-order valence-electron chi connectivity index (χ4n) is 4.18. The summed E-state index contributed by atoms with van der Waals surface area (Å²) in [4.78, 5) is 11.6. The number of phenols is 1. The third-order valence-electron chi connectivity index (χ3n) is 5.92. The van der Waals surface area contributed by atoms with Crippen molar-refractivity contribution in [2.45, 2.75) is 51.2 Å². The van der Waals surface area contributed by atoms with Crippen LogP contribution in [0.4, 0.5) is 11.8 Å². The number of phenolic OH excluding ortho intramolecular Hbond substituents is 1. The quantitative estimate of drug-likeness (QED) is 0.570. The first kappa shape index (κ1) is 20.4. The van der Waals surface area contributed by atoms with Gasteiger partial charge in [-0.1, -0.05) is 24.3 Å². The summed E-state index contributed by atoms with van der Waals surface area (Å²) < 4.78 is 0. The van der Waals surface area contributed by atoms with E-state index < -0.39 is 0 Å². The minimum absolute atomic E-state index is 0.360. The number of para-hydroxylation sites is 1. The van der Waals surface area contributed by atoms with Crippen LogP contribution < -0.4 is 15.5 Å². The predicted molar refractivity (Wildman–Crippen MR) is 123 cm³/mol. The van der Waals surface area contributed by atoms with E-state index >= 15 is 0 Å². The standard InChI is InChI=1S/C24H31N5O/c1-16-14-17(8-13-22(16)30)15-25-18-9-11-19(12-10-18)26-24-27-21-7-5-4-6-20(21)23(28-24)29(2)3/h4-8,13-14,18-19,25,30H,9-12,15H2,1-3H3,(H,26,27,28)/t18-,19+. The van der Waals surface area contributed by atoms with E-state index in [2.05, 4.69) is 22.8 Å². The molecule has 3 aromatic rings. The lowest BCUT2D eigenvalue weighted by Gasteiger charge is -2.30. The molecule has 0 atom stereocenters. The van der Waals surface area contributed by atoms with Gasteiger partial charge in [-0.25, -0.2) is 4.98 Å². The molecule has 1 saturated carbocycles. The van der Waals surface area contributed by atoms with Crippen LogP contribution in [0.25, 0.3) is 10.9 Å². The van der Waals surface area contributed by atoms with E-state index in [4.69, 9.17) is 9.97 Å². The summed E-state index contributed by atoms with van der Waals surface area (Å²) in [7, 11) is 4.04. The van der Waals surface area contributed by atoms with Crippen molar-refractivity contribution in [3.8, 4) is 5.75 Å². The number of aromatic nitrogens is 2. The molecule has 0 radical (unpaired) electrons. The van der Waals surface area contributed by atoms with Crippen molar-refractivity contribution in [2.24, 2.45) is 0 Å². The molecule has 0 unspecified atom stereocenters. The molecule has 3 N–H and O–H groups in total. The van der Waals surface area contributed by atoms with Crippen molar-refractivity contribution in [3.05, 3.63) is 53.6 Å². The van der Waals surface area contributed by atoms with E-state index in [1.165, 1.54) is 5.56 Å². The first-order chi connectivity index (χ1) is 14.5. The predicted octanol–water partition coefficient (Wildman–Crippen LogP) is 4.22. The molecule has 0 amide bonds. The molecule has 158 valence electrons. The molecule has 0 spiro atoms. The smallest absolute Gasteiger partial charge is 0.225 e. The lowest BCUT2D eigenvalue weighted by molar-refractivity contribution is 0.352. The molecule has 1 aliphatic carbocycles. The van der Waals surface area contributed by atoms with Gasteiger partial charge in [0.2, 0.25) is 5.95 Å². The maximum Gasteiger partial charge on any atom is 0.225 e. The number of aryl methyl sites for hydroxylation is 1. The third kappa shape index (κ3) is 4.65. The lowest BCUT2D eigenvalue weighted by Crippen LogP contribution is -2.37. The highest BCUT2D eigenvalue weighted by Gasteiger charge is 2.22. The Morgan fingerprint density at radius 3 is 2.47 bits per heavy atom. The molecule has 6 nitrogen and oxygen atoms in total. The summed E-state index contributed by atoms with van der Waals surface area (Å²) in [5, 5.41) is 18.0. The summed E-state index contributed by atoms with van der Waals surface area (Å²) in [6.45, 7) is 2.77. The van der Waals surface area contributed by atoms with Gasteiger partial charge in [0.05, 0.1) is 5.52 Å². The summed E-state index contributed by atoms with van der Waals surface area (Å²) in [6.07, 6.45) is 4.45. The zero-order valence-electron chi connectivity index (χ0n) is 18.0.